The van der Waals surface area contributed by atoms with Crippen molar-refractivity contribution < 1.29 is 0 Å². The van der Waals surface area contributed by atoms with Gasteiger partial charge in [0.2, 0.25) is 0 Å². The highest BCUT2D eigenvalue weighted by Gasteiger charge is 2.27. The van der Waals surface area contributed by atoms with Gasteiger partial charge in [0.25, 0.3) is 0 Å². The Kier molecular flexibility index (Phi) is 3.44. The molecule has 1 fully saturated rings. The van der Waals surface area contributed by atoms with Crippen LogP contribution in [0.3, 0.4) is 0 Å². The molecule has 1 aromatic rings. The predicted molar refractivity (Wildman–Crippen MR) is 64.1 cm³/mol. The van der Waals surface area contributed by atoms with Gasteiger partial charge in [0.15, 0.2) is 5.96 Å². The standard InChI is InChI=1S/C11H19N5/c1-15(10-3-4-10)11(12)14-5-2-7-16-8-6-13-9-16/h6,8-10H,2-5,7H2,1H3,(H2,12,14). The van der Waals surface area contributed by atoms with Crippen LogP contribution in [0.5, 0.6) is 0 Å². The van der Waals surface area contributed by atoms with Gasteiger partial charge in [-0.05, 0) is 19.3 Å². The van der Waals surface area contributed by atoms with Gasteiger partial charge in [-0.1, -0.05) is 0 Å². The van der Waals surface area contributed by atoms with Crippen molar-refractivity contribution in [1.29, 1.82) is 0 Å². The Morgan fingerprint density at radius 3 is 3.06 bits per heavy atom. The first-order chi connectivity index (χ1) is 7.77. The second kappa shape index (κ2) is 5.01. The van der Waals surface area contributed by atoms with Gasteiger partial charge in [-0.2, -0.15) is 0 Å². The van der Waals surface area contributed by atoms with Crippen LogP contribution in [-0.2, 0) is 6.54 Å². The number of aryl methyl sites for hydroxylation is 1. The topological polar surface area (TPSA) is 59.4 Å². The largest absolute Gasteiger partial charge is 0.370 e. The Hall–Kier alpha value is -1.52. The highest BCUT2D eigenvalue weighted by atomic mass is 15.3. The zero-order valence-electron chi connectivity index (χ0n) is 9.71. The van der Waals surface area contributed by atoms with E-state index in [1.165, 1.54) is 12.8 Å². The summed E-state index contributed by atoms with van der Waals surface area (Å²) in [5, 5.41) is 0. The van der Waals surface area contributed by atoms with E-state index in [0.717, 1.165) is 19.5 Å². The molecule has 88 valence electrons. The number of rotatable bonds is 5. The second-order valence-corrected chi connectivity index (χ2v) is 4.24. The number of nitrogens with zero attached hydrogens (tertiary/aromatic N) is 4. The van der Waals surface area contributed by atoms with E-state index in [4.69, 9.17) is 5.73 Å². The highest BCUT2D eigenvalue weighted by molar-refractivity contribution is 5.78. The first-order valence-electron chi connectivity index (χ1n) is 5.76. The van der Waals surface area contributed by atoms with Gasteiger partial charge in [0.05, 0.1) is 6.33 Å². The molecule has 1 aliphatic rings. The minimum absolute atomic E-state index is 0.636. The Balaban J connectivity index is 1.67. The Labute approximate surface area is 96.0 Å². The monoisotopic (exact) mass is 221 g/mol. The van der Waals surface area contributed by atoms with E-state index in [1.807, 2.05) is 19.6 Å². The summed E-state index contributed by atoms with van der Waals surface area (Å²) in [7, 11) is 2.02. The van der Waals surface area contributed by atoms with Gasteiger partial charge in [0.1, 0.15) is 0 Å². The smallest absolute Gasteiger partial charge is 0.191 e. The normalized spacial score (nSPS) is 16.4. The van der Waals surface area contributed by atoms with Crippen molar-refractivity contribution >= 4 is 5.96 Å². The van der Waals surface area contributed by atoms with E-state index in [9.17, 15) is 0 Å². The third-order valence-corrected chi connectivity index (χ3v) is 2.86. The molecule has 5 heteroatoms. The lowest BCUT2D eigenvalue weighted by molar-refractivity contribution is 0.486. The van der Waals surface area contributed by atoms with Crippen LogP contribution in [0.15, 0.2) is 23.7 Å². The van der Waals surface area contributed by atoms with Crippen molar-refractivity contribution in [3.63, 3.8) is 0 Å². The lowest BCUT2D eigenvalue weighted by atomic mass is 10.4. The zero-order valence-corrected chi connectivity index (χ0v) is 9.71. The maximum atomic E-state index is 5.87. The molecule has 0 saturated heterocycles. The maximum absolute atomic E-state index is 5.87. The number of imidazole rings is 1. The quantitative estimate of drug-likeness (QED) is 0.452. The van der Waals surface area contributed by atoms with Crippen molar-refractivity contribution in [1.82, 2.24) is 14.5 Å². The number of hydrogen-bond donors (Lipinski definition) is 1. The molecule has 1 aromatic heterocycles. The van der Waals surface area contributed by atoms with E-state index in [-0.39, 0.29) is 0 Å². The van der Waals surface area contributed by atoms with Crippen LogP contribution in [0, 0.1) is 0 Å². The van der Waals surface area contributed by atoms with Gasteiger partial charge in [-0.15, -0.1) is 0 Å². The van der Waals surface area contributed by atoms with Crippen LogP contribution < -0.4 is 5.73 Å². The van der Waals surface area contributed by atoms with Crippen molar-refractivity contribution in [2.24, 2.45) is 10.7 Å². The van der Waals surface area contributed by atoms with Crippen LogP contribution in [0.1, 0.15) is 19.3 Å². The van der Waals surface area contributed by atoms with Crippen molar-refractivity contribution in [3.05, 3.63) is 18.7 Å². The predicted octanol–water partition coefficient (Wildman–Crippen LogP) is 0.682. The van der Waals surface area contributed by atoms with Gasteiger partial charge < -0.3 is 15.2 Å². The Morgan fingerprint density at radius 2 is 2.44 bits per heavy atom. The minimum atomic E-state index is 0.636. The van der Waals surface area contributed by atoms with Crippen molar-refractivity contribution in [2.45, 2.75) is 31.8 Å². The highest BCUT2D eigenvalue weighted by Crippen LogP contribution is 2.24. The fourth-order valence-corrected chi connectivity index (χ4v) is 1.63. The summed E-state index contributed by atoms with van der Waals surface area (Å²) >= 11 is 0. The van der Waals surface area contributed by atoms with Crippen molar-refractivity contribution in [3.8, 4) is 0 Å². The molecule has 1 heterocycles. The SMILES string of the molecule is CN(C(N)=NCCCn1ccnc1)C1CC1. The molecule has 0 atom stereocenters. The third kappa shape index (κ3) is 2.98. The molecule has 1 saturated carbocycles. The van der Waals surface area contributed by atoms with E-state index in [0.29, 0.717) is 12.0 Å². The van der Waals surface area contributed by atoms with Crippen LogP contribution in [-0.4, -0.2) is 40.0 Å². The molecule has 2 rings (SSSR count). The molecule has 0 radical (unpaired) electrons. The summed E-state index contributed by atoms with van der Waals surface area (Å²) in [6, 6.07) is 0.636. The fourth-order valence-electron chi connectivity index (χ4n) is 1.63. The van der Waals surface area contributed by atoms with Crippen LogP contribution >= 0.6 is 0 Å². The summed E-state index contributed by atoms with van der Waals surface area (Å²) in [4.78, 5) is 10.4. The molecule has 0 unspecified atom stereocenters. The molecule has 16 heavy (non-hydrogen) atoms. The number of guanidine groups is 1. The lowest BCUT2D eigenvalue weighted by Gasteiger charge is -2.16. The van der Waals surface area contributed by atoms with Crippen molar-refractivity contribution in [2.75, 3.05) is 13.6 Å². The van der Waals surface area contributed by atoms with Gasteiger partial charge in [-0.25, -0.2) is 4.98 Å². The molecular weight excluding hydrogens is 202 g/mol. The molecule has 2 N–H and O–H groups in total. The van der Waals surface area contributed by atoms with Crippen LogP contribution in [0.4, 0.5) is 0 Å². The first kappa shape index (κ1) is 11.0. The molecule has 0 amide bonds. The molecule has 1 aliphatic carbocycles. The summed E-state index contributed by atoms with van der Waals surface area (Å²) in [5.41, 5.74) is 5.87. The molecule has 0 aliphatic heterocycles. The maximum Gasteiger partial charge on any atom is 0.191 e. The summed E-state index contributed by atoms with van der Waals surface area (Å²) in [5.74, 6) is 0.674. The van der Waals surface area contributed by atoms with E-state index in [1.54, 1.807) is 6.20 Å². The van der Waals surface area contributed by atoms with Crippen LogP contribution in [0.2, 0.25) is 0 Å². The zero-order chi connectivity index (χ0) is 11.4. The summed E-state index contributed by atoms with van der Waals surface area (Å²) < 4.78 is 2.05. The average Bonchev–Trinajstić information content (AvgIpc) is 3.01. The number of aromatic nitrogens is 2. The van der Waals surface area contributed by atoms with E-state index in [2.05, 4.69) is 19.4 Å². The molecule has 0 bridgehead atoms. The summed E-state index contributed by atoms with van der Waals surface area (Å²) in [6.45, 7) is 1.73. The summed E-state index contributed by atoms with van der Waals surface area (Å²) in [6.07, 6.45) is 9.07. The Morgan fingerprint density at radius 1 is 1.62 bits per heavy atom. The molecule has 5 nitrogen and oxygen atoms in total. The second-order valence-electron chi connectivity index (χ2n) is 4.24. The molecule has 0 aromatic carbocycles. The lowest BCUT2D eigenvalue weighted by Crippen LogP contribution is -2.35. The molecule has 0 spiro atoms. The van der Waals surface area contributed by atoms with E-state index < -0.39 is 0 Å². The number of nitrogens with two attached hydrogens (primary N) is 1. The Bertz CT molecular complexity index is 339. The third-order valence-electron chi connectivity index (χ3n) is 2.86. The number of hydrogen-bond acceptors (Lipinski definition) is 2. The average molecular weight is 221 g/mol. The van der Waals surface area contributed by atoms with Gasteiger partial charge >= 0.3 is 0 Å². The number of aliphatic imine (C=N–C) groups is 1. The van der Waals surface area contributed by atoms with E-state index >= 15 is 0 Å². The molecular formula is C11H19N5. The van der Waals surface area contributed by atoms with Gasteiger partial charge in [-0.3, -0.25) is 4.99 Å². The fraction of sp³-hybridized carbons (Fsp3) is 0.636. The van der Waals surface area contributed by atoms with Gasteiger partial charge in [0, 0.05) is 38.6 Å². The first-order valence-corrected chi connectivity index (χ1v) is 5.76. The van der Waals surface area contributed by atoms with Crippen LogP contribution in [0.25, 0.3) is 0 Å². The minimum Gasteiger partial charge on any atom is -0.370 e.